The molecule has 0 unspecified atom stereocenters. The Morgan fingerprint density at radius 1 is 1.37 bits per heavy atom. The molecular formula is C13H20N2O3S. The Labute approximate surface area is 114 Å². The first kappa shape index (κ1) is 14.3. The van der Waals surface area contributed by atoms with Gasteiger partial charge in [0.1, 0.15) is 5.75 Å². The number of sulfonamides is 1. The van der Waals surface area contributed by atoms with Gasteiger partial charge < -0.3 is 10.1 Å². The molecule has 1 aliphatic carbocycles. The zero-order valence-corrected chi connectivity index (χ0v) is 12.1. The highest BCUT2D eigenvalue weighted by atomic mass is 32.2. The minimum Gasteiger partial charge on any atom is -0.497 e. The third-order valence-electron chi connectivity index (χ3n) is 3.10. The van der Waals surface area contributed by atoms with Crippen LogP contribution in [-0.2, 0) is 16.4 Å². The Hall–Kier alpha value is -1.11. The molecule has 5 nitrogen and oxygen atoms in total. The van der Waals surface area contributed by atoms with E-state index in [0.29, 0.717) is 17.1 Å². The Balaban J connectivity index is 2.31. The summed E-state index contributed by atoms with van der Waals surface area (Å²) >= 11 is 0. The van der Waals surface area contributed by atoms with Crippen LogP contribution in [0, 0.1) is 0 Å². The second kappa shape index (κ2) is 5.90. The van der Waals surface area contributed by atoms with E-state index in [4.69, 9.17) is 4.74 Å². The van der Waals surface area contributed by atoms with E-state index in [-0.39, 0.29) is 6.04 Å². The van der Waals surface area contributed by atoms with Crippen molar-refractivity contribution in [2.75, 3.05) is 20.7 Å². The second-order valence-corrected chi connectivity index (χ2v) is 6.41. The molecule has 1 aromatic rings. The SMILES string of the molecule is CNCCc1cc(OC)ccc1S(=O)(=O)NC1CC1. The summed E-state index contributed by atoms with van der Waals surface area (Å²) in [5.74, 6) is 0.677. The van der Waals surface area contributed by atoms with Crippen molar-refractivity contribution in [3.63, 3.8) is 0 Å². The van der Waals surface area contributed by atoms with Gasteiger partial charge in [-0.2, -0.15) is 0 Å². The van der Waals surface area contributed by atoms with Crippen molar-refractivity contribution in [3.8, 4) is 5.75 Å². The third-order valence-corrected chi connectivity index (χ3v) is 4.72. The average molecular weight is 284 g/mol. The number of ether oxygens (including phenoxy) is 1. The van der Waals surface area contributed by atoms with Crippen molar-refractivity contribution < 1.29 is 13.2 Å². The number of methoxy groups -OCH3 is 1. The zero-order chi connectivity index (χ0) is 13.9. The molecule has 0 spiro atoms. The van der Waals surface area contributed by atoms with Gasteiger partial charge in [0.15, 0.2) is 0 Å². The summed E-state index contributed by atoms with van der Waals surface area (Å²) in [6.45, 7) is 0.721. The molecule has 1 aromatic carbocycles. The standard InChI is InChI=1S/C13H20N2O3S/c1-14-8-7-10-9-12(18-2)5-6-13(10)19(16,17)15-11-3-4-11/h5-6,9,11,14-15H,3-4,7-8H2,1-2H3. The van der Waals surface area contributed by atoms with Crippen LogP contribution in [-0.4, -0.2) is 35.2 Å². The lowest BCUT2D eigenvalue weighted by atomic mass is 10.1. The minimum absolute atomic E-state index is 0.115. The summed E-state index contributed by atoms with van der Waals surface area (Å²) in [5, 5.41) is 3.03. The van der Waals surface area contributed by atoms with Crippen LogP contribution < -0.4 is 14.8 Å². The molecule has 0 heterocycles. The topological polar surface area (TPSA) is 67.4 Å². The van der Waals surface area contributed by atoms with Crippen molar-refractivity contribution in [2.24, 2.45) is 0 Å². The van der Waals surface area contributed by atoms with Crippen molar-refractivity contribution in [1.82, 2.24) is 10.0 Å². The van der Waals surface area contributed by atoms with Gasteiger partial charge in [-0.25, -0.2) is 13.1 Å². The fourth-order valence-corrected chi connectivity index (χ4v) is 3.44. The molecule has 19 heavy (non-hydrogen) atoms. The van der Waals surface area contributed by atoms with Gasteiger partial charge in [-0.3, -0.25) is 0 Å². The van der Waals surface area contributed by atoms with Crippen LogP contribution >= 0.6 is 0 Å². The number of likely N-dealkylation sites (N-methyl/N-ethyl adjacent to an activating group) is 1. The van der Waals surface area contributed by atoms with Crippen molar-refractivity contribution in [2.45, 2.75) is 30.2 Å². The lowest BCUT2D eigenvalue weighted by Gasteiger charge is -2.12. The van der Waals surface area contributed by atoms with Gasteiger partial charge >= 0.3 is 0 Å². The van der Waals surface area contributed by atoms with Gasteiger partial charge in [0.05, 0.1) is 12.0 Å². The van der Waals surface area contributed by atoms with Crippen LogP contribution in [0.5, 0.6) is 5.75 Å². The summed E-state index contributed by atoms with van der Waals surface area (Å²) in [5.41, 5.74) is 0.779. The monoisotopic (exact) mass is 284 g/mol. The normalized spacial score (nSPS) is 15.5. The van der Waals surface area contributed by atoms with Crippen molar-refractivity contribution in [3.05, 3.63) is 23.8 Å². The molecule has 0 aliphatic heterocycles. The Kier molecular flexibility index (Phi) is 4.44. The molecule has 106 valence electrons. The van der Waals surface area contributed by atoms with Crippen LogP contribution in [0.4, 0.5) is 0 Å². The van der Waals surface area contributed by atoms with E-state index in [9.17, 15) is 8.42 Å². The average Bonchev–Trinajstić information content (AvgIpc) is 3.19. The Morgan fingerprint density at radius 3 is 2.68 bits per heavy atom. The fourth-order valence-electron chi connectivity index (χ4n) is 1.88. The molecule has 1 saturated carbocycles. The first-order valence-corrected chi connectivity index (χ1v) is 7.89. The van der Waals surface area contributed by atoms with Gasteiger partial charge in [0.25, 0.3) is 0 Å². The molecule has 0 aromatic heterocycles. The van der Waals surface area contributed by atoms with E-state index >= 15 is 0 Å². The molecular weight excluding hydrogens is 264 g/mol. The van der Waals surface area contributed by atoms with Crippen LogP contribution in [0.2, 0.25) is 0 Å². The van der Waals surface area contributed by atoms with Crippen molar-refractivity contribution in [1.29, 1.82) is 0 Å². The van der Waals surface area contributed by atoms with Gasteiger partial charge in [0.2, 0.25) is 10.0 Å². The summed E-state index contributed by atoms with van der Waals surface area (Å²) in [7, 11) is 0.00481. The highest BCUT2D eigenvalue weighted by Crippen LogP contribution is 2.26. The Morgan fingerprint density at radius 2 is 2.11 bits per heavy atom. The first-order chi connectivity index (χ1) is 9.06. The number of hydrogen-bond donors (Lipinski definition) is 2. The maximum Gasteiger partial charge on any atom is 0.241 e. The summed E-state index contributed by atoms with van der Waals surface area (Å²) in [4.78, 5) is 0.357. The van der Waals surface area contributed by atoms with E-state index in [0.717, 1.165) is 24.9 Å². The van der Waals surface area contributed by atoms with E-state index in [1.54, 1.807) is 25.3 Å². The van der Waals surface area contributed by atoms with Crippen LogP contribution in [0.3, 0.4) is 0 Å². The van der Waals surface area contributed by atoms with Crippen LogP contribution in [0.15, 0.2) is 23.1 Å². The van der Waals surface area contributed by atoms with Gasteiger partial charge in [0, 0.05) is 6.04 Å². The van der Waals surface area contributed by atoms with E-state index < -0.39 is 10.0 Å². The molecule has 0 saturated heterocycles. The minimum atomic E-state index is -3.42. The lowest BCUT2D eigenvalue weighted by molar-refractivity contribution is 0.413. The molecule has 0 radical (unpaired) electrons. The number of benzene rings is 1. The van der Waals surface area contributed by atoms with Crippen molar-refractivity contribution >= 4 is 10.0 Å². The van der Waals surface area contributed by atoms with Gasteiger partial charge in [-0.1, -0.05) is 0 Å². The second-order valence-electron chi connectivity index (χ2n) is 4.72. The maximum atomic E-state index is 12.3. The van der Waals surface area contributed by atoms with Crippen LogP contribution in [0.25, 0.3) is 0 Å². The third kappa shape index (κ3) is 3.68. The Bertz CT molecular complexity index is 539. The molecule has 1 aliphatic rings. The molecule has 2 N–H and O–H groups in total. The van der Waals surface area contributed by atoms with Crippen LogP contribution in [0.1, 0.15) is 18.4 Å². The molecule has 0 amide bonds. The summed E-state index contributed by atoms with van der Waals surface area (Å²) in [6, 6.07) is 5.21. The largest absolute Gasteiger partial charge is 0.497 e. The first-order valence-electron chi connectivity index (χ1n) is 6.40. The maximum absolute atomic E-state index is 12.3. The summed E-state index contributed by atoms with van der Waals surface area (Å²) < 4.78 is 32.5. The number of hydrogen-bond acceptors (Lipinski definition) is 4. The quantitative estimate of drug-likeness (QED) is 0.780. The predicted octanol–water partition coefficient (Wildman–Crippen LogP) is 0.898. The number of rotatable bonds is 7. The van der Waals surface area contributed by atoms with E-state index in [2.05, 4.69) is 10.0 Å². The van der Waals surface area contributed by atoms with E-state index in [1.165, 1.54) is 0 Å². The fraction of sp³-hybridized carbons (Fsp3) is 0.538. The smallest absolute Gasteiger partial charge is 0.241 e. The predicted molar refractivity (Wildman–Crippen MR) is 74.0 cm³/mol. The molecule has 0 atom stereocenters. The molecule has 1 fully saturated rings. The van der Waals surface area contributed by atoms with Gasteiger partial charge in [-0.15, -0.1) is 0 Å². The summed E-state index contributed by atoms with van der Waals surface area (Å²) in [6.07, 6.45) is 2.51. The zero-order valence-electron chi connectivity index (χ0n) is 11.3. The highest BCUT2D eigenvalue weighted by Gasteiger charge is 2.29. The lowest BCUT2D eigenvalue weighted by Crippen LogP contribution is -2.27. The highest BCUT2D eigenvalue weighted by molar-refractivity contribution is 7.89. The van der Waals surface area contributed by atoms with Gasteiger partial charge in [-0.05, 0) is 56.6 Å². The molecule has 2 rings (SSSR count). The van der Waals surface area contributed by atoms with E-state index in [1.807, 2.05) is 7.05 Å². The number of nitrogens with one attached hydrogen (secondary N) is 2. The molecule has 6 heteroatoms. The molecule has 0 bridgehead atoms.